The SMILES string of the molecule is O=C(O)c1ccccc1C1(O)CCCSC1. The Morgan fingerprint density at radius 3 is 2.75 bits per heavy atom. The molecule has 0 bridgehead atoms. The minimum atomic E-state index is -0.974. The average molecular weight is 238 g/mol. The van der Waals surface area contributed by atoms with Gasteiger partial charge in [-0.05, 0) is 30.2 Å². The van der Waals surface area contributed by atoms with Crippen molar-refractivity contribution in [2.75, 3.05) is 11.5 Å². The first kappa shape index (κ1) is 11.5. The zero-order valence-electron chi connectivity index (χ0n) is 8.85. The molecule has 0 saturated carbocycles. The largest absolute Gasteiger partial charge is 0.478 e. The van der Waals surface area contributed by atoms with Gasteiger partial charge in [0.25, 0.3) is 0 Å². The van der Waals surface area contributed by atoms with Crippen molar-refractivity contribution in [2.45, 2.75) is 18.4 Å². The van der Waals surface area contributed by atoms with Gasteiger partial charge in [0.15, 0.2) is 0 Å². The van der Waals surface area contributed by atoms with E-state index in [1.165, 1.54) is 0 Å². The summed E-state index contributed by atoms with van der Waals surface area (Å²) in [6.07, 6.45) is 1.57. The maximum atomic E-state index is 11.1. The smallest absolute Gasteiger partial charge is 0.336 e. The number of rotatable bonds is 2. The fourth-order valence-electron chi connectivity index (χ4n) is 2.07. The van der Waals surface area contributed by atoms with Crippen LogP contribution in [0.1, 0.15) is 28.8 Å². The summed E-state index contributed by atoms with van der Waals surface area (Å²) < 4.78 is 0. The van der Waals surface area contributed by atoms with Gasteiger partial charge in [-0.25, -0.2) is 4.79 Å². The van der Waals surface area contributed by atoms with E-state index in [1.54, 1.807) is 36.0 Å². The van der Waals surface area contributed by atoms with Crippen molar-refractivity contribution in [3.8, 4) is 0 Å². The van der Waals surface area contributed by atoms with Crippen LogP contribution in [0.3, 0.4) is 0 Å². The van der Waals surface area contributed by atoms with Crippen LogP contribution in [0, 0.1) is 0 Å². The molecular weight excluding hydrogens is 224 g/mol. The third kappa shape index (κ3) is 2.08. The number of aromatic carboxylic acids is 1. The Morgan fingerprint density at radius 1 is 1.38 bits per heavy atom. The molecule has 1 aromatic rings. The van der Waals surface area contributed by atoms with Crippen molar-refractivity contribution in [2.24, 2.45) is 0 Å². The summed E-state index contributed by atoms with van der Waals surface area (Å²) in [4.78, 5) is 11.1. The minimum absolute atomic E-state index is 0.215. The van der Waals surface area contributed by atoms with Crippen molar-refractivity contribution >= 4 is 17.7 Å². The average Bonchev–Trinajstić information content (AvgIpc) is 2.30. The van der Waals surface area contributed by atoms with E-state index >= 15 is 0 Å². The highest BCUT2D eigenvalue weighted by molar-refractivity contribution is 7.99. The summed E-state index contributed by atoms with van der Waals surface area (Å²) in [5, 5.41) is 19.6. The number of aliphatic hydroxyl groups is 1. The first-order valence-electron chi connectivity index (χ1n) is 5.26. The van der Waals surface area contributed by atoms with Gasteiger partial charge in [-0.1, -0.05) is 18.2 Å². The molecule has 1 fully saturated rings. The maximum absolute atomic E-state index is 11.1. The monoisotopic (exact) mass is 238 g/mol. The molecule has 0 amide bonds. The van der Waals surface area contributed by atoms with E-state index in [-0.39, 0.29) is 5.56 Å². The van der Waals surface area contributed by atoms with E-state index in [1.807, 2.05) is 0 Å². The second-order valence-electron chi connectivity index (χ2n) is 4.04. The normalized spacial score (nSPS) is 25.3. The predicted molar refractivity (Wildman–Crippen MR) is 63.9 cm³/mol. The molecule has 2 N–H and O–H groups in total. The van der Waals surface area contributed by atoms with E-state index in [0.717, 1.165) is 12.2 Å². The van der Waals surface area contributed by atoms with Crippen LogP contribution in [0.2, 0.25) is 0 Å². The van der Waals surface area contributed by atoms with Crippen molar-refractivity contribution in [1.82, 2.24) is 0 Å². The molecule has 1 heterocycles. The van der Waals surface area contributed by atoms with Gasteiger partial charge in [-0.3, -0.25) is 0 Å². The van der Waals surface area contributed by atoms with Crippen LogP contribution in [0.25, 0.3) is 0 Å². The van der Waals surface area contributed by atoms with Crippen molar-refractivity contribution < 1.29 is 15.0 Å². The van der Waals surface area contributed by atoms with E-state index in [0.29, 0.717) is 17.7 Å². The van der Waals surface area contributed by atoms with E-state index in [4.69, 9.17) is 5.11 Å². The van der Waals surface area contributed by atoms with Gasteiger partial charge >= 0.3 is 5.97 Å². The van der Waals surface area contributed by atoms with E-state index < -0.39 is 11.6 Å². The number of benzene rings is 1. The van der Waals surface area contributed by atoms with Crippen molar-refractivity contribution in [1.29, 1.82) is 0 Å². The molecule has 1 atom stereocenters. The van der Waals surface area contributed by atoms with Crippen LogP contribution in [-0.2, 0) is 5.60 Å². The lowest BCUT2D eigenvalue weighted by molar-refractivity contribution is 0.0454. The lowest BCUT2D eigenvalue weighted by Gasteiger charge is -2.33. The predicted octanol–water partition coefficient (Wildman–Crippen LogP) is 2.10. The Bertz CT molecular complexity index is 397. The standard InChI is InChI=1S/C12H14O3S/c13-11(14)9-4-1-2-5-10(9)12(15)6-3-7-16-8-12/h1-2,4-5,15H,3,6-8H2,(H,13,14). The maximum Gasteiger partial charge on any atom is 0.336 e. The zero-order valence-corrected chi connectivity index (χ0v) is 9.67. The Hall–Kier alpha value is -1.00. The summed E-state index contributed by atoms with van der Waals surface area (Å²) in [6, 6.07) is 6.73. The molecule has 3 nitrogen and oxygen atoms in total. The summed E-state index contributed by atoms with van der Waals surface area (Å²) in [7, 11) is 0. The molecule has 0 aromatic heterocycles. The second kappa shape index (κ2) is 4.47. The molecule has 1 aliphatic rings. The molecular formula is C12H14O3S. The van der Waals surface area contributed by atoms with Crippen LogP contribution in [-0.4, -0.2) is 27.7 Å². The van der Waals surface area contributed by atoms with Gasteiger partial charge in [-0.15, -0.1) is 0 Å². The molecule has 1 aliphatic heterocycles. The Morgan fingerprint density at radius 2 is 2.12 bits per heavy atom. The Kier molecular flexibility index (Phi) is 3.21. The number of carboxylic acid groups (broad SMARTS) is 1. The Labute approximate surface area is 98.5 Å². The lowest BCUT2D eigenvalue weighted by Crippen LogP contribution is -2.33. The van der Waals surface area contributed by atoms with Gasteiger partial charge < -0.3 is 10.2 Å². The molecule has 1 unspecified atom stereocenters. The molecule has 86 valence electrons. The van der Waals surface area contributed by atoms with Crippen LogP contribution in [0.15, 0.2) is 24.3 Å². The van der Waals surface area contributed by atoms with Crippen LogP contribution in [0.5, 0.6) is 0 Å². The van der Waals surface area contributed by atoms with Gasteiger partial charge in [-0.2, -0.15) is 11.8 Å². The summed E-state index contributed by atoms with van der Waals surface area (Å²) >= 11 is 1.67. The van der Waals surface area contributed by atoms with Gasteiger partial charge in [0.05, 0.1) is 11.2 Å². The summed E-state index contributed by atoms with van der Waals surface area (Å²) in [5.41, 5.74) is -0.208. The fourth-order valence-corrected chi connectivity index (χ4v) is 3.20. The van der Waals surface area contributed by atoms with Crippen molar-refractivity contribution in [3.05, 3.63) is 35.4 Å². The quantitative estimate of drug-likeness (QED) is 0.828. The minimum Gasteiger partial charge on any atom is -0.478 e. The van der Waals surface area contributed by atoms with Crippen LogP contribution in [0.4, 0.5) is 0 Å². The third-order valence-corrected chi connectivity index (χ3v) is 4.14. The molecule has 0 spiro atoms. The van der Waals surface area contributed by atoms with E-state index in [2.05, 4.69) is 0 Å². The number of thioether (sulfide) groups is 1. The number of hydrogen-bond acceptors (Lipinski definition) is 3. The highest BCUT2D eigenvalue weighted by Crippen LogP contribution is 2.36. The molecule has 0 radical (unpaired) electrons. The first-order valence-corrected chi connectivity index (χ1v) is 6.42. The highest BCUT2D eigenvalue weighted by Gasteiger charge is 2.34. The number of hydrogen-bond donors (Lipinski definition) is 2. The summed E-state index contributed by atoms with van der Waals surface area (Å²) in [6.45, 7) is 0. The Balaban J connectivity index is 2.42. The van der Waals surface area contributed by atoms with Gasteiger partial charge in [0.2, 0.25) is 0 Å². The van der Waals surface area contributed by atoms with E-state index in [9.17, 15) is 9.90 Å². The van der Waals surface area contributed by atoms with Gasteiger partial charge in [0, 0.05) is 5.75 Å². The molecule has 4 heteroatoms. The summed E-state index contributed by atoms with van der Waals surface area (Å²) in [5.74, 6) is 0.647. The molecule has 16 heavy (non-hydrogen) atoms. The lowest BCUT2D eigenvalue weighted by atomic mass is 9.87. The third-order valence-electron chi connectivity index (χ3n) is 2.88. The topological polar surface area (TPSA) is 57.5 Å². The number of carboxylic acids is 1. The molecule has 2 rings (SSSR count). The van der Waals surface area contributed by atoms with Gasteiger partial charge in [0.1, 0.15) is 0 Å². The second-order valence-corrected chi connectivity index (χ2v) is 5.14. The fraction of sp³-hybridized carbons (Fsp3) is 0.417. The van der Waals surface area contributed by atoms with Crippen molar-refractivity contribution in [3.63, 3.8) is 0 Å². The molecule has 1 saturated heterocycles. The van der Waals surface area contributed by atoms with Crippen LogP contribution >= 0.6 is 11.8 Å². The molecule has 1 aromatic carbocycles. The number of carbonyl (C=O) groups is 1. The zero-order chi connectivity index (χ0) is 11.6. The van der Waals surface area contributed by atoms with Crippen LogP contribution < -0.4 is 0 Å². The highest BCUT2D eigenvalue weighted by atomic mass is 32.2. The first-order chi connectivity index (χ1) is 7.63. The molecule has 0 aliphatic carbocycles.